The second-order valence-corrected chi connectivity index (χ2v) is 14.9. The lowest BCUT2D eigenvalue weighted by Crippen LogP contribution is -2.54. The Morgan fingerprint density at radius 1 is 0.746 bits per heavy atom. The highest BCUT2D eigenvalue weighted by atomic mass is 32.2. The van der Waals surface area contributed by atoms with Crippen molar-refractivity contribution in [1.82, 2.24) is 26.7 Å². The van der Waals surface area contributed by atoms with E-state index < -0.39 is 94.9 Å². The fourth-order valence-electron chi connectivity index (χ4n) is 5.61. The molecule has 10 N–H and O–H groups in total. The number of carbonyl (C=O) groups is 7. The molecule has 0 aromatic heterocycles. The number of aldehydes is 1. The van der Waals surface area contributed by atoms with Crippen LogP contribution < -0.4 is 32.5 Å². The second-order valence-electron chi connectivity index (χ2n) is 13.5. The van der Waals surface area contributed by atoms with Gasteiger partial charge in [-0.15, -0.1) is 0 Å². The van der Waals surface area contributed by atoms with E-state index in [-0.39, 0.29) is 44.5 Å². The monoisotopic (exact) mass is 840 g/mol. The first-order valence-electron chi connectivity index (χ1n) is 18.3. The third kappa shape index (κ3) is 18.9. The first-order valence-corrected chi connectivity index (χ1v) is 19.9. The van der Waals surface area contributed by atoms with Crippen molar-refractivity contribution in [3.8, 4) is 5.75 Å². The molecule has 0 saturated heterocycles. The summed E-state index contributed by atoms with van der Waals surface area (Å²) in [5.41, 5.74) is 10.1. The molecule has 0 aliphatic heterocycles. The Hall–Kier alpha value is -5.90. The van der Waals surface area contributed by atoms with Crippen molar-refractivity contribution in [3.05, 3.63) is 101 Å². The van der Waals surface area contributed by atoms with Gasteiger partial charge in [-0.2, -0.15) is 13.9 Å². The van der Waals surface area contributed by atoms with E-state index in [2.05, 4.69) is 26.7 Å². The molecule has 0 spiro atoms. The number of carboxylic acid groups (broad SMARTS) is 1. The Morgan fingerprint density at radius 3 is 1.98 bits per heavy atom. The van der Waals surface area contributed by atoms with Gasteiger partial charge in [-0.05, 0) is 60.1 Å². The van der Waals surface area contributed by atoms with Crippen molar-refractivity contribution >= 4 is 51.7 Å². The average Bonchev–Trinajstić information content (AvgIpc) is 3.18. The Kier molecular flexibility index (Phi) is 19.4. The molecule has 20 heteroatoms. The minimum absolute atomic E-state index is 0.0165. The number of benzene rings is 3. The summed E-state index contributed by atoms with van der Waals surface area (Å²) in [6.45, 7) is -1.86. The van der Waals surface area contributed by atoms with Crippen LogP contribution in [-0.4, -0.2) is 115 Å². The van der Waals surface area contributed by atoms with E-state index in [9.17, 15) is 52.2 Å². The quantitative estimate of drug-likeness (QED) is 0.0181. The number of ketones is 2. The third-order valence-corrected chi connectivity index (χ3v) is 9.36. The molecule has 0 saturated carbocycles. The third-order valence-electron chi connectivity index (χ3n) is 8.66. The molecule has 318 valence electrons. The average molecular weight is 841 g/mol. The van der Waals surface area contributed by atoms with Crippen LogP contribution in [0.5, 0.6) is 5.75 Å². The van der Waals surface area contributed by atoms with E-state index in [0.717, 1.165) is 5.56 Å². The number of hydrogen-bond donors (Lipinski definition) is 9. The summed E-state index contributed by atoms with van der Waals surface area (Å²) >= 11 is 0. The van der Waals surface area contributed by atoms with Gasteiger partial charge >= 0.3 is 5.97 Å². The number of aromatic hydroxyl groups is 1. The van der Waals surface area contributed by atoms with Gasteiger partial charge in [-0.25, -0.2) is 0 Å². The number of primary amides is 1. The normalized spacial score (nSPS) is 13.3. The highest BCUT2D eigenvalue weighted by Gasteiger charge is 2.29. The number of amides is 3. The van der Waals surface area contributed by atoms with Gasteiger partial charge in [-0.1, -0.05) is 66.7 Å². The molecule has 0 fully saturated rings. The van der Waals surface area contributed by atoms with E-state index in [1.165, 1.54) is 24.3 Å². The number of carboxylic acids is 1. The lowest BCUT2D eigenvalue weighted by molar-refractivity contribution is -0.141. The number of hydroxylamine groups is 1. The number of rotatable bonds is 28. The largest absolute Gasteiger partial charge is 0.508 e. The summed E-state index contributed by atoms with van der Waals surface area (Å²) in [4.78, 5) is 92.4. The molecule has 4 atom stereocenters. The maximum absolute atomic E-state index is 13.5. The van der Waals surface area contributed by atoms with Crippen molar-refractivity contribution in [3.63, 3.8) is 0 Å². The number of hydrogen-bond acceptors (Lipinski definition) is 14. The number of nitrogens with one attached hydrogen (secondary N) is 5. The van der Waals surface area contributed by atoms with Crippen LogP contribution in [0.2, 0.25) is 0 Å². The van der Waals surface area contributed by atoms with Crippen molar-refractivity contribution in [2.45, 2.75) is 62.0 Å². The smallest absolute Gasteiger partial charge is 0.305 e. The van der Waals surface area contributed by atoms with Crippen LogP contribution in [0, 0.1) is 0 Å². The molecule has 59 heavy (non-hydrogen) atoms. The zero-order valence-corrected chi connectivity index (χ0v) is 32.7. The predicted octanol–water partition coefficient (Wildman–Crippen LogP) is -1.10. The van der Waals surface area contributed by atoms with Gasteiger partial charge in [0.15, 0.2) is 11.6 Å². The van der Waals surface area contributed by atoms with Crippen LogP contribution in [0.15, 0.2) is 78.9 Å². The molecule has 0 aliphatic carbocycles. The molecule has 3 aromatic rings. The molecule has 0 bridgehead atoms. The number of carbonyl (C=O) groups excluding carboxylic acids is 6. The van der Waals surface area contributed by atoms with Gasteiger partial charge in [0.2, 0.25) is 17.7 Å². The van der Waals surface area contributed by atoms with E-state index in [4.69, 9.17) is 15.1 Å². The number of aryl methyl sites for hydroxylation is 1. The van der Waals surface area contributed by atoms with Gasteiger partial charge in [-0.3, -0.25) is 43.5 Å². The zero-order valence-electron chi connectivity index (χ0n) is 31.9. The van der Waals surface area contributed by atoms with Crippen molar-refractivity contribution in [2.24, 2.45) is 5.73 Å². The summed E-state index contributed by atoms with van der Waals surface area (Å²) in [5, 5.41) is 29.3. The fourth-order valence-corrected chi connectivity index (χ4v) is 6.22. The van der Waals surface area contributed by atoms with Crippen molar-refractivity contribution < 1.29 is 61.6 Å². The molecular weight excluding hydrogens is 793 g/mol. The second kappa shape index (κ2) is 24.1. The fraction of sp³-hybridized carbons (Fsp3) is 0.359. The van der Waals surface area contributed by atoms with Crippen molar-refractivity contribution in [2.75, 3.05) is 26.2 Å². The topological polar surface area (TPSA) is 310 Å². The molecular formula is C39H48N6O13S. The van der Waals surface area contributed by atoms with Gasteiger partial charge in [0.25, 0.3) is 10.1 Å². The summed E-state index contributed by atoms with van der Waals surface area (Å²) in [6.07, 6.45) is 0.356. The van der Waals surface area contributed by atoms with E-state index in [0.29, 0.717) is 23.0 Å². The lowest BCUT2D eigenvalue weighted by Gasteiger charge is -2.23. The molecule has 0 heterocycles. The minimum atomic E-state index is -4.27. The molecule has 3 amide bonds. The predicted molar refractivity (Wildman–Crippen MR) is 211 cm³/mol. The number of nitrogens with two attached hydrogens (primary N) is 1. The van der Waals surface area contributed by atoms with Crippen LogP contribution in [0.1, 0.15) is 35.1 Å². The summed E-state index contributed by atoms with van der Waals surface area (Å²) in [6, 6.07) is 16.6. The maximum Gasteiger partial charge on any atom is 0.305 e. The van der Waals surface area contributed by atoms with Crippen molar-refractivity contribution in [1.29, 1.82) is 0 Å². The standard InChI is InChI=1S/C39H48N6O13S/c40-38(53)33(17-27-10-13-30(47)14-11-27)42-19-31(48)23-58-43-21-36(50)44-34(18-37(51)52)39(54)45-32(15-12-25-6-8-28(9-7-25)24-59(55,56)57)35(49)20-41-29(22-46)16-26-4-2-1-3-5-26/h1-11,13-14,22,29,32-34,41-43,47H,12,15-21,23-24H2,(H2,40,53)(H,44,50)(H,45,54)(H,51,52)(H,55,56,57)/t29-,32?,33-,34-/m0/s1. The molecule has 0 aliphatic rings. The molecule has 1 unspecified atom stereocenters. The Labute approximate surface area is 340 Å². The number of aliphatic carboxylic acids is 1. The SMILES string of the molecule is NC(=O)[C@H](Cc1ccc(O)cc1)NCC(=O)CONCC(=O)N[C@@H](CC(=O)O)C(=O)NC(CCc1ccc(CS(=O)(=O)O)cc1)C(=O)CN[C@H](C=O)Cc1ccccc1. The zero-order chi connectivity index (χ0) is 43.4. The molecule has 3 aromatic carbocycles. The van der Waals surface area contributed by atoms with E-state index in [1.807, 2.05) is 18.2 Å². The van der Waals surface area contributed by atoms with Crippen LogP contribution in [-0.2, 0) is 73.5 Å². The van der Waals surface area contributed by atoms with Crippen LogP contribution >= 0.6 is 0 Å². The molecule has 0 radical (unpaired) electrons. The number of phenolic OH excluding ortho intramolecular Hbond substituents is 1. The molecule has 19 nitrogen and oxygen atoms in total. The summed E-state index contributed by atoms with van der Waals surface area (Å²) < 4.78 is 31.6. The number of phenols is 1. The summed E-state index contributed by atoms with van der Waals surface area (Å²) in [7, 11) is -4.27. The number of Topliss-reactive ketones (excluding diaryl/α,β-unsaturated/α-hetero) is 2. The molecule has 3 rings (SSSR count). The van der Waals surface area contributed by atoms with Crippen LogP contribution in [0.25, 0.3) is 0 Å². The van der Waals surface area contributed by atoms with E-state index >= 15 is 0 Å². The minimum Gasteiger partial charge on any atom is -0.508 e. The first kappa shape index (κ1) is 47.5. The van der Waals surface area contributed by atoms with Gasteiger partial charge < -0.3 is 36.7 Å². The van der Waals surface area contributed by atoms with Crippen LogP contribution in [0.4, 0.5) is 0 Å². The van der Waals surface area contributed by atoms with E-state index in [1.54, 1.807) is 36.4 Å². The Morgan fingerprint density at radius 2 is 1.37 bits per heavy atom. The van der Waals surface area contributed by atoms with Gasteiger partial charge in [0.05, 0.1) is 44.2 Å². The van der Waals surface area contributed by atoms with Crippen LogP contribution in [0.3, 0.4) is 0 Å². The summed E-state index contributed by atoms with van der Waals surface area (Å²) in [5.74, 6) is -5.72. The Bertz CT molecular complexity index is 2000. The highest BCUT2D eigenvalue weighted by Crippen LogP contribution is 2.13. The van der Waals surface area contributed by atoms with Gasteiger partial charge in [0.1, 0.15) is 30.4 Å². The first-order chi connectivity index (χ1) is 28.0. The lowest BCUT2D eigenvalue weighted by atomic mass is 10.00. The highest BCUT2D eigenvalue weighted by molar-refractivity contribution is 7.85. The maximum atomic E-state index is 13.5. The Balaban J connectivity index is 1.58. The van der Waals surface area contributed by atoms with Gasteiger partial charge in [0, 0.05) is 0 Å².